The van der Waals surface area contributed by atoms with E-state index in [1.807, 2.05) is 42.5 Å². The van der Waals surface area contributed by atoms with Crippen molar-refractivity contribution in [1.29, 1.82) is 0 Å². The Morgan fingerprint density at radius 1 is 1.25 bits per heavy atom. The van der Waals surface area contributed by atoms with Crippen LogP contribution in [0, 0.1) is 0 Å². The summed E-state index contributed by atoms with van der Waals surface area (Å²) in [5.74, 6) is 1.62. The van der Waals surface area contributed by atoms with Crippen molar-refractivity contribution in [3.63, 3.8) is 0 Å². The van der Waals surface area contributed by atoms with E-state index in [4.69, 9.17) is 10.5 Å². The first-order valence-corrected chi connectivity index (χ1v) is 8.52. The van der Waals surface area contributed by atoms with Gasteiger partial charge in [-0.1, -0.05) is 48.2 Å². The fourth-order valence-corrected chi connectivity index (χ4v) is 2.72. The van der Waals surface area contributed by atoms with Crippen molar-refractivity contribution >= 4 is 23.1 Å². The van der Waals surface area contributed by atoms with Gasteiger partial charge in [-0.25, -0.2) is 0 Å². The molecule has 24 heavy (non-hydrogen) atoms. The van der Waals surface area contributed by atoms with Crippen molar-refractivity contribution in [3.8, 4) is 5.75 Å². The summed E-state index contributed by atoms with van der Waals surface area (Å²) < 4.78 is 5.33. The molecule has 0 unspecified atom stereocenters. The summed E-state index contributed by atoms with van der Waals surface area (Å²) in [5, 5.41) is 8.53. The predicted octanol–water partition coefficient (Wildman–Crippen LogP) is 4.01. The molecule has 4 nitrogen and oxygen atoms in total. The second kappa shape index (κ2) is 9.57. The third-order valence-electron chi connectivity index (χ3n) is 3.26. The average Bonchev–Trinajstić information content (AvgIpc) is 2.61. The SMILES string of the molecule is C=CCc1cc(C=NN=C(N)SCc2ccccc2)ccc1OC. The number of amidine groups is 1. The van der Waals surface area contributed by atoms with Crippen LogP contribution in [0.1, 0.15) is 16.7 Å². The van der Waals surface area contributed by atoms with Crippen LogP contribution in [0.4, 0.5) is 0 Å². The van der Waals surface area contributed by atoms with Crippen LogP contribution in [0.25, 0.3) is 0 Å². The highest BCUT2D eigenvalue weighted by atomic mass is 32.2. The van der Waals surface area contributed by atoms with Gasteiger partial charge in [0.25, 0.3) is 0 Å². The van der Waals surface area contributed by atoms with Crippen LogP contribution in [-0.4, -0.2) is 18.5 Å². The minimum atomic E-state index is 0.440. The van der Waals surface area contributed by atoms with Crippen LogP contribution in [-0.2, 0) is 12.2 Å². The van der Waals surface area contributed by atoms with Gasteiger partial charge in [0.05, 0.1) is 13.3 Å². The normalized spacial score (nSPS) is 11.6. The molecule has 0 aromatic heterocycles. The van der Waals surface area contributed by atoms with Gasteiger partial charge in [-0.3, -0.25) is 0 Å². The molecule has 2 rings (SSSR count). The smallest absolute Gasteiger partial charge is 0.180 e. The number of rotatable bonds is 7. The van der Waals surface area contributed by atoms with E-state index in [2.05, 4.69) is 28.9 Å². The highest BCUT2D eigenvalue weighted by Crippen LogP contribution is 2.20. The van der Waals surface area contributed by atoms with Crippen molar-refractivity contribution in [2.24, 2.45) is 15.9 Å². The van der Waals surface area contributed by atoms with Gasteiger partial charge in [0.2, 0.25) is 0 Å². The highest BCUT2D eigenvalue weighted by Gasteiger charge is 2.02. The summed E-state index contributed by atoms with van der Waals surface area (Å²) in [5.41, 5.74) is 9.08. The van der Waals surface area contributed by atoms with E-state index < -0.39 is 0 Å². The summed E-state index contributed by atoms with van der Waals surface area (Å²) in [6.07, 6.45) is 4.26. The molecular weight excluding hydrogens is 318 g/mol. The second-order valence-corrected chi connectivity index (χ2v) is 6.02. The maximum atomic E-state index is 5.87. The van der Waals surface area contributed by atoms with Crippen LogP contribution in [0.2, 0.25) is 0 Å². The maximum Gasteiger partial charge on any atom is 0.180 e. The second-order valence-electron chi connectivity index (χ2n) is 5.02. The third kappa shape index (κ3) is 5.59. The van der Waals surface area contributed by atoms with E-state index in [-0.39, 0.29) is 0 Å². The Kier molecular flexibility index (Phi) is 7.11. The molecule has 2 aromatic carbocycles. The fraction of sp³-hybridized carbons (Fsp3) is 0.158. The van der Waals surface area contributed by atoms with Gasteiger partial charge >= 0.3 is 0 Å². The predicted molar refractivity (Wildman–Crippen MR) is 104 cm³/mol. The number of hydrogen-bond donors (Lipinski definition) is 1. The molecular formula is C19H21N3OS. The van der Waals surface area contributed by atoms with Crippen molar-refractivity contribution in [2.45, 2.75) is 12.2 Å². The molecule has 0 fully saturated rings. The molecule has 0 aliphatic carbocycles. The maximum absolute atomic E-state index is 5.87. The van der Waals surface area contributed by atoms with Crippen LogP contribution in [0.15, 0.2) is 71.4 Å². The van der Waals surface area contributed by atoms with E-state index in [1.165, 1.54) is 17.3 Å². The van der Waals surface area contributed by atoms with E-state index in [1.54, 1.807) is 13.3 Å². The number of thioether (sulfide) groups is 1. The molecule has 2 N–H and O–H groups in total. The lowest BCUT2D eigenvalue weighted by atomic mass is 10.1. The zero-order valence-electron chi connectivity index (χ0n) is 13.7. The summed E-state index contributed by atoms with van der Waals surface area (Å²) in [7, 11) is 1.66. The Hall–Kier alpha value is -2.53. The number of allylic oxidation sites excluding steroid dienone is 1. The summed E-state index contributed by atoms with van der Waals surface area (Å²) in [6.45, 7) is 3.76. The molecule has 0 saturated carbocycles. The molecule has 124 valence electrons. The average molecular weight is 339 g/mol. The van der Waals surface area contributed by atoms with E-state index in [0.717, 1.165) is 29.1 Å². The van der Waals surface area contributed by atoms with Gasteiger partial charge in [0.15, 0.2) is 5.17 Å². The quantitative estimate of drug-likeness (QED) is 0.359. The van der Waals surface area contributed by atoms with E-state index >= 15 is 0 Å². The summed E-state index contributed by atoms with van der Waals surface area (Å²) in [6, 6.07) is 16.0. The Balaban J connectivity index is 1.96. The van der Waals surface area contributed by atoms with Crippen LogP contribution in [0.3, 0.4) is 0 Å². The van der Waals surface area contributed by atoms with Gasteiger partial charge in [-0.15, -0.1) is 11.7 Å². The lowest BCUT2D eigenvalue weighted by molar-refractivity contribution is 0.410. The van der Waals surface area contributed by atoms with Crippen molar-refractivity contribution in [3.05, 3.63) is 77.9 Å². The lowest BCUT2D eigenvalue weighted by Crippen LogP contribution is -2.06. The molecule has 0 heterocycles. The molecule has 0 aliphatic heterocycles. The zero-order chi connectivity index (χ0) is 17.2. The van der Waals surface area contributed by atoms with Crippen LogP contribution >= 0.6 is 11.8 Å². The first kappa shape index (κ1) is 17.8. The number of ether oxygens (including phenoxy) is 1. The first-order chi connectivity index (χ1) is 11.7. The van der Waals surface area contributed by atoms with Crippen LogP contribution < -0.4 is 10.5 Å². The van der Waals surface area contributed by atoms with Crippen molar-refractivity contribution < 1.29 is 4.74 Å². The van der Waals surface area contributed by atoms with E-state index in [0.29, 0.717) is 5.17 Å². The number of benzene rings is 2. The van der Waals surface area contributed by atoms with Crippen molar-refractivity contribution in [1.82, 2.24) is 0 Å². The number of hydrogen-bond acceptors (Lipinski definition) is 4. The number of nitrogens with two attached hydrogens (primary N) is 1. The van der Waals surface area contributed by atoms with Crippen molar-refractivity contribution in [2.75, 3.05) is 7.11 Å². The Morgan fingerprint density at radius 2 is 2.04 bits per heavy atom. The van der Waals surface area contributed by atoms with Gasteiger partial charge in [0.1, 0.15) is 5.75 Å². The lowest BCUT2D eigenvalue weighted by Gasteiger charge is -2.07. The zero-order valence-corrected chi connectivity index (χ0v) is 14.5. The minimum absolute atomic E-state index is 0.440. The topological polar surface area (TPSA) is 60.0 Å². The molecule has 0 spiro atoms. The third-order valence-corrected chi connectivity index (χ3v) is 4.12. The molecule has 0 atom stereocenters. The molecule has 0 bridgehead atoms. The standard InChI is InChI=1S/C19H21N3OS/c1-3-7-17-12-16(10-11-18(17)23-2)13-21-22-19(20)24-14-15-8-5-4-6-9-15/h3-6,8-13H,1,7,14H2,2H3,(H2,20,22). The number of methoxy groups -OCH3 is 1. The van der Waals surface area contributed by atoms with Gasteiger partial charge in [-0.05, 0) is 41.3 Å². The number of nitrogens with zero attached hydrogens (tertiary/aromatic N) is 2. The fourth-order valence-electron chi connectivity index (χ4n) is 2.11. The molecule has 0 aliphatic rings. The largest absolute Gasteiger partial charge is 0.496 e. The highest BCUT2D eigenvalue weighted by molar-refractivity contribution is 8.13. The molecule has 0 radical (unpaired) electrons. The molecule has 0 saturated heterocycles. The van der Waals surface area contributed by atoms with E-state index in [9.17, 15) is 0 Å². The Labute approximate surface area is 147 Å². The molecule has 5 heteroatoms. The molecule has 2 aromatic rings. The monoisotopic (exact) mass is 339 g/mol. The van der Waals surface area contributed by atoms with Gasteiger partial charge in [-0.2, -0.15) is 5.10 Å². The van der Waals surface area contributed by atoms with Gasteiger partial charge < -0.3 is 10.5 Å². The Morgan fingerprint density at radius 3 is 2.75 bits per heavy atom. The minimum Gasteiger partial charge on any atom is -0.496 e. The van der Waals surface area contributed by atoms with Crippen LogP contribution in [0.5, 0.6) is 5.75 Å². The Bertz CT molecular complexity index is 727. The summed E-state index contributed by atoms with van der Waals surface area (Å²) >= 11 is 1.46. The molecule has 0 amide bonds. The first-order valence-electron chi connectivity index (χ1n) is 7.54. The summed E-state index contributed by atoms with van der Waals surface area (Å²) in [4.78, 5) is 0. The van der Waals surface area contributed by atoms with Gasteiger partial charge in [0, 0.05) is 5.75 Å².